The van der Waals surface area contributed by atoms with Gasteiger partial charge in [0.2, 0.25) is 5.75 Å². The molecule has 0 saturated heterocycles. The van der Waals surface area contributed by atoms with Gasteiger partial charge in [0.15, 0.2) is 11.5 Å². The average Bonchev–Trinajstić information content (AvgIpc) is 2.16. The van der Waals surface area contributed by atoms with E-state index in [1.165, 1.54) is 6.07 Å². The maximum absolute atomic E-state index is 9.56. The number of phenolic OH excluding ortho intramolecular Hbond substituents is 3. The van der Waals surface area contributed by atoms with Gasteiger partial charge in [-0.3, -0.25) is 0 Å². The van der Waals surface area contributed by atoms with E-state index in [9.17, 15) is 10.2 Å². The Hall–Kier alpha value is -1.42. The molecule has 0 aliphatic rings. The van der Waals surface area contributed by atoms with Crippen LogP contribution < -0.4 is 5.32 Å². The van der Waals surface area contributed by atoms with E-state index >= 15 is 0 Å². The van der Waals surface area contributed by atoms with E-state index in [2.05, 4.69) is 26.1 Å². The summed E-state index contributed by atoms with van der Waals surface area (Å²) >= 11 is 0. The van der Waals surface area contributed by atoms with Crippen LogP contribution in [0.1, 0.15) is 26.3 Å². The van der Waals surface area contributed by atoms with Crippen LogP contribution >= 0.6 is 0 Å². The largest absolute Gasteiger partial charge is 0.504 e. The van der Waals surface area contributed by atoms with Crippen LogP contribution in [0.4, 0.5) is 0 Å². The van der Waals surface area contributed by atoms with Gasteiger partial charge >= 0.3 is 0 Å². The molecule has 0 aliphatic carbocycles. The molecule has 0 atom stereocenters. The van der Waals surface area contributed by atoms with Gasteiger partial charge < -0.3 is 20.6 Å². The van der Waals surface area contributed by atoms with Crippen molar-refractivity contribution in [1.29, 1.82) is 0 Å². The molecule has 0 amide bonds. The number of hydrogen-bond donors (Lipinski definition) is 4. The van der Waals surface area contributed by atoms with E-state index in [0.29, 0.717) is 12.1 Å². The van der Waals surface area contributed by atoms with Crippen LogP contribution in [0.5, 0.6) is 17.2 Å². The second-order valence-electron chi connectivity index (χ2n) is 5.11. The molecule has 0 fully saturated rings. The molecular weight excluding hydrogens is 206 g/mol. The van der Waals surface area contributed by atoms with Gasteiger partial charge in [-0.15, -0.1) is 0 Å². The molecular formula is C12H19NO3. The Morgan fingerprint density at radius 1 is 1.06 bits per heavy atom. The Kier molecular flexibility index (Phi) is 3.65. The Bertz CT molecular complexity index is 369. The Balaban J connectivity index is 2.65. The summed E-state index contributed by atoms with van der Waals surface area (Å²) in [5, 5.41) is 31.2. The molecule has 1 rings (SSSR count). The van der Waals surface area contributed by atoms with Gasteiger partial charge in [-0.25, -0.2) is 0 Å². The molecule has 4 N–H and O–H groups in total. The summed E-state index contributed by atoms with van der Waals surface area (Å²) in [4.78, 5) is 0. The molecule has 1 aromatic rings. The highest BCUT2D eigenvalue weighted by Crippen LogP contribution is 2.36. The van der Waals surface area contributed by atoms with Crippen molar-refractivity contribution < 1.29 is 15.3 Å². The van der Waals surface area contributed by atoms with Crippen molar-refractivity contribution in [2.75, 3.05) is 6.54 Å². The quantitative estimate of drug-likeness (QED) is 0.593. The molecule has 90 valence electrons. The molecule has 4 heteroatoms. The SMILES string of the molecule is CC(C)(C)CNCc1ccc(O)c(O)c1O. The Labute approximate surface area is 95.6 Å². The first-order valence-electron chi connectivity index (χ1n) is 5.25. The fourth-order valence-electron chi connectivity index (χ4n) is 1.33. The molecule has 0 bridgehead atoms. The zero-order valence-corrected chi connectivity index (χ0v) is 9.91. The fraction of sp³-hybridized carbons (Fsp3) is 0.500. The Morgan fingerprint density at radius 3 is 2.25 bits per heavy atom. The maximum Gasteiger partial charge on any atom is 0.200 e. The molecule has 0 heterocycles. The average molecular weight is 225 g/mol. The summed E-state index contributed by atoms with van der Waals surface area (Å²) in [5.41, 5.74) is 0.730. The summed E-state index contributed by atoms with van der Waals surface area (Å²) in [6, 6.07) is 2.95. The zero-order chi connectivity index (χ0) is 12.3. The van der Waals surface area contributed by atoms with Crippen LogP contribution in [0.3, 0.4) is 0 Å². The third-order valence-corrected chi connectivity index (χ3v) is 2.18. The number of aromatic hydroxyl groups is 3. The lowest BCUT2D eigenvalue weighted by Crippen LogP contribution is -2.26. The minimum absolute atomic E-state index is 0.161. The fourth-order valence-corrected chi connectivity index (χ4v) is 1.33. The standard InChI is InChI=1S/C12H19NO3/c1-12(2,3)7-13-6-8-4-5-9(14)11(16)10(8)15/h4-5,13-16H,6-7H2,1-3H3. The smallest absolute Gasteiger partial charge is 0.200 e. The number of benzene rings is 1. The van der Waals surface area contributed by atoms with Crippen LogP contribution in [0.15, 0.2) is 12.1 Å². The van der Waals surface area contributed by atoms with Gasteiger partial charge in [-0.2, -0.15) is 0 Å². The van der Waals surface area contributed by atoms with Crippen LogP contribution in [-0.2, 0) is 6.54 Å². The predicted octanol–water partition coefficient (Wildman–Crippen LogP) is 1.94. The second-order valence-corrected chi connectivity index (χ2v) is 5.11. The highest BCUT2D eigenvalue weighted by molar-refractivity contribution is 5.52. The molecule has 4 nitrogen and oxygen atoms in total. The van der Waals surface area contributed by atoms with E-state index in [1.807, 2.05) is 0 Å². The van der Waals surface area contributed by atoms with Gasteiger partial charge in [0.25, 0.3) is 0 Å². The third kappa shape index (κ3) is 3.31. The monoisotopic (exact) mass is 225 g/mol. The molecule has 1 aromatic carbocycles. The summed E-state index contributed by atoms with van der Waals surface area (Å²) < 4.78 is 0. The van der Waals surface area contributed by atoms with Crippen molar-refractivity contribution >= 4 is 0 Å². The lowest BCUT2D eigenvalue weighted by Gasteiger charge is -2.19. The first kappa shape index (κ1) is 12.6. The molecule has 0 saturated carbocycles. The van der Waals surface area contributed by atoms with Crippen molar-refractivity contribution in [2.24, 2.45) is 5.41 Å². The number of phenols is 3. The summed E-state index contributed by atoms with van der Waals surface area (Å²) in [5.74, 6) is -1.03. The first-order chi connectivity index (χ1) is 7.31. The Morgan fingerprint density at radius 2 is 1.69 bits per heavy atom. The van der Waals surface area contributed by atoms with Crippen LogP contribution in [0.25, 0.3) is 0 Å². The molecule has 0 spiro atoms. The number of nitrogens with one attached hydrogen (secondary N) is 1. The molecule has 0 aromatic heterocycles. The summed E-state index contributed by atoms with van der Waals surface area (Å²) in [6.07, 6.45) is 0. The minimum Gasteiger partial charge on any atom is -0.504 e. The van der Waals surface area contributed by atoms with E-state index in [0.717, 1.165) is 6.54 Å². The van der Waals surface area contributed by atoms with Crippen molar-refractivity contribution in [3.8, 4) is 17.2 Å². The van der Waals surface area contributed by atoms with Crippen molar-refractivity contribution in [3.05, 3.63) is 17.7 Å². The van der Waals surface area contributed by atoms with E-state index < -0.39 is 5.75 Å². The van der Waals surface area contributed by atoms with Crippen LogP contribution in [0.2, 0.25) is 0 Å². The van der Waals surface area contributed by atoms with Crippen molar-refractivity contribution in [3.63, 3.8) is 0 Å². The molecule has 16 heavy (non-hydrogen) atoms. The molecule has 0 radical (unpaired) electrons. The normalized spacial score (nSPS) is 11.7. The number of hydrogen-bond acceptors (Lipinski definition) is 4. The van der Waals surface area contributed by atoms with Crippen LogP contribution in [-0.4, -0.2) is 21.9 Å². The van der Waals surface area contributed by atoms with E-state index in [-0.39, 0.29) is 16.9 Å². The molecule has 0 unspecified atom stereocenters. The topological polar surface area (TPSA) is 72.7 Å². The van der Waals surface area contributed by atoms with Crippen molar-refractivity contribution in [1.82, 2.24) is 5.32 Å². The summed E-state index contributed by atoms with van der Waals surface area (Å²) in [6.45, 7) is 7.57. The van der Waals surface area contributed by atoms with Gasteiger partial charge in [0.05, 0.1) is 0 Å². The van der Waals surface area contributed by atoms with Gasteiger partial charge in [-0.05, 0) is 11.5 Å². The van der Waals surface area contributed by atoms with Gasteiger partial charge in [0.1, 0.15) is 0 Å². The second kappa shape index (κ2) is 4.61. The highest BCUT2D eigenvalue weighted by Gasteiger charge is 2.12. The zero-order valence-electron chi connectivity index (χ0n) is 9.91. The lowest BCUT2D eigenvalue weighted by atomic mass is 9.97. The summed E-state index contributed by atoms with van der Waals surface area (Å²) in [7, 11) is 0. The van der Waals surface area contributed by atoms with Crippen LogP contribution in [0, 0.1) is 5.41 Å². The number of rotatable bonds is 3. The highest BCUT2D eigenvalue weighted by atomic mass is 16.3. The van der Waals surface area contributed by atoms with E-state index in [4.69, 9.17) is 5.11 Å². The van der Waals surface area contributed by atoms with E-state index in [1.54, 1.807) is 6.07 Å². The lowest BCUT2D eigenvalue weighted by molar-refractivity contribution is 0.357. The van der Waals surface area contributed by atoms with Gasteiger partial charge in [0, 0.05) is 18.7 Å². The van der Waals surface area contributed by atoms with Crippen molar-refractivity contribution in [2.45, 2.75) is 27.3 Å². The first-order valence-corrected chi connectivity index (χ1v) is 5.25. The predicted molar refractivity (Wildman–Crippen MR) is 62.6 cm³/mol. The minimum atomic E-state index is -0.463. The third-order valence-electron chi connectivity index (χ3n) is 2.18. The molecule has 0 aliphatic heterocycles. The maximum atomic E-state index is 9.56. The van der Waals surface area contributed by atoms with Gasteiger partial charge in [-0.1, -0.05) is 26.8 Å².